The van der Waals surface area contributed by atoms with Crippen LogP contribution in [0.4, 0.5) is 0 Å². The van der Waals surface area contributed by atoms with Crippen molar-refractivity contribution in [2.24, 2.45) is 4.40 Å². The van der Waals surface area contributed by atoms with Crippen molar-refractivity contribution in [1.29, 1.82) is 0 Å². The van der Waals surface area contributed by atoms with E-state index in [2.05, 4.69) is 9.71 Å². The third-order valence-electron chi connectivity index (χ3n) is 3.77. The molecule has 0 saturated carbocycles. The van der Waals surface area contributed by atoms with E-state index >= 15 is 0 Å². The Morgan fingerprint density at radius 3 is 2.89 bits per heavy atom. The molecular formula is C13H17N3O2S. The molecular weight excluding hydrogens is 262 g/mol. The Hall–Kier alpha value is -1.40. The molecule has 0 aromatic heterocycles. The van der Waals surface area contributed by atoms with Crippen LogP contribution in [0.5, 0.6) is 0 Å². The fraction of sp³-hybridized carbons (Fsp3) is 0.462. The summed E-state index contributed by atoms with van der Waals surface area (Å²) < 4.78 is 28.0. The fourth-order valence-corrected chi connectivity index (χ4v) is 3.92. The molecule has 0 spiro atoms. The molecule has 1 aromatic rings. The first-order chi connectivity index (χ1) is 9.09. The lowest BCUT2D eigenvalue weighted by Crippen LogP contribution is -2.46. The zero-order valence-electron chi connectivity index (χ0n) is 10.8. The SMILES string of the molecule is CN(C1=NS(=O)(=O)c2ccccc21)C1CCCNC1. The van der Waals surface area contributed by atoms with Gasteiger partial charge >= 0.3 is 0 Å². The van der Waals surface area contributed by atoms with Crippen molar-refractivity contribution in [3.8, 4) is 0 Å². The van der Waals surface area contributed by atoms with Crippen molar-refractivity contribution in [2.45, 2.75) is 23.8 Å². The summed E-state index contributed by atoms with van der Waals surface area (Å²) in [5, 5.41) is 3.34. The number of likely N-dealkylation sites (N-methyl/N-ethyl adjacent to an activating group) is 1. The van der Waals surface area contributed by atoms with E-state index in [1.165, 1.54) is 0 Å². The smallest absolute Gasteiger partial charge is 0.285 e. The Bertz CT molecular complexity index is 619. The molecule has 2 aliphatic heterocycles. The summed E-state index contributed by atoms with van der Waals surface area (Å²) in [6.45, 7) is 1.91. The molecule has 1 unspecified atom stereocenters. The predicted molar refractivity (Wildman–Crippen MR) is 73.8 cm³/mol. The molecule has 1 N–H and O–H groups in total. The minimum atomic E-state index is -3.51. The number of hydrogen-bond donors (Lipinski definition) is 1. The first-order valence-electron chi connectivity index (χ1n) is 6.47. The summed E-state index contributed by atoms with van der Waals surface area (Å²) in [7, 11) is -1.59. The van der Waals surface area contributed by atoms with Gasteiger partial charge in [0.15, 0.2) is 5.84 Å². The van der Waals surface area contributed by atoms with Crippen LogP contribution in [0.15, 0.2) is 33.6 Å². The van der Waals surface area contributed by atoms with Gasteiger partial charge in [-0.15, -0.1) is 4.40 Å². The lowest BCUT2D eigenvalue weighted by molar-refractivity contribution is 0.294. The number of piperidine rings is 1. The van der Waals surface area contributed by atoms with Crippen molar-refractivity contribution in [1.82, 2.24) is 10.2 Å². The van der Waals surface area contributed by atoms with Gasteiger partial charge in [-0.3, -0.25) is 0 Å². The molecule has 1 fully saturated rings. The highest BCUT2D eigenvalue weighted by Gasteiger charge is 2.32. The number of benzene rings is 1. The van der Waals surface area contributed by atoms with E-state index in [1.54, 1.807) is 12.1 Å². The average Bonchev–Trinajstić information content (AvgIpc) is 2.72. The number of nitrogens with zero attached hydrogens (tertiary/aromatic N) is 2. The fourth-order valence-electron chi connectivity index (χ4n) is 2.68. The molecule has 1 atom stereocenters. The highest BCUT2D eigenvalue weighted by Crippen LogP contribution is 2.28. The summed E-state index contributed by atoms with van der Waals surface area (Å²) in [5.74, 6) is 0.573. The quantitative estimate of drug-likeness (QED) is 0.827. The zero-order valence-corrected chi connectivity index (χ0v) is 11.7. The molecule has 5 nitrogen and oxygen atoms in total. The van der Waals surface area contributed by atoms with E-state index in [0.717, 1.165) is 31.5 Å². The van der Waals surface area contributed by atoms with E-state index in [0.29, 0.717) is 16.8 Å². The summed E-state index contributed by atoms with van der Waals surface area (Å²) in [4.78, 5) is 2.32. The third kappa shape index (κ3) is 2.15. The number of fused-ring (bicyclic) bond motifs is 1. The van der Waals surface area contributed by atoms with Crippen molar-refractivity contribution in [2.75, 3.05) is 20.1 Å². The average molecular weight is 279 g/mol. The lowest BCUT2D eigenvalue weighted by Gasteiger charge is -2.33. The minimum absolute atomic E-state index is 0.300. The van der Waals surface area contributed by atoms with Gasteiger partial charge < -0.3 is 10.2 Å². The molecule has 19 heavy (non-hydrogen) atoms. The van der Waals surface area contributed by atoms with Crippen LogP contribution in [-0.4, -0.2) is 45.3 Å². The number of sulfonamides is 1. The first-order valence-corrected chi connectivity index (χ1v) is 7.91. The highest BCUT2D eigenvalue weighted by molar-refractivity contribution is 7.90. The standard InChI is InChI=1S/C13H17N3O2S/c1-16(10-5-4-8-14-9-10)13-11-6-2-3-7-12(11)19(17,18)15-13/h2-3,6-7,10,14H,4-5,8-9H2,1H3. The molecule has 0 aliphatic carbocycles. The van der Waals surface area contributed by atoms with E-state index in [9.17, 15) is 8.42 Å². The van der Waals surface area contributed by atoms with Crippen LogP contribution >= 0.6 is 0 Å². The maximum absolute atomic E-state index is 12.0. The van der Waals surface area contributed by atoms with Gasteiger partial charge in [0.2, 0.25) is 0 Å². The Morgan fingerprint density at radius 1 is 1.37 bits per heavy atom. The first kappa shape index (κ1) is 12.6. The van der Waals surface area contributed by atoms with E-state index in [4.69, 9.17) is 0 Å². The maximum atomic E-state index is 12.0. The monoisotopic (exact) mass is 279 g/mol. The van der Waals surface area contributed by atoms with E-state index < -0.39 is 10.0 Å². The molecule has 0 radical (unpaired) electrons. The summed E-state index contributed by atoms with van der Waals surface area (Å²) >= 11 is 0. The van der Waals surface area contributed by atoms with Crippen LogP contribution in [0.25, 0.3) is 0 Å². The molecule has 0 bridgehead atoms. The molecule has 2 aliphatic rings. The number of nitrogens with one attached hydrogen (secondary N) is 1. The second-order valence-corrected chi connectivity index (χ2v) is 6.57. The number of hydrogen-bond acceptors (Lipinski definition) is 4. The van der Waals surface area contributed by atoms with Gasteiger partial charge in [-0.2, -0.15) is 8.42 Å². The Balaban J connectivity index is 1.97. The van der Waals surface area contributed by atoms with Crippen molar-refractivity contribution in [3.63, 3.8) is 0 Å². The second kappa shape index (κ2) is 4.61. The van der Waals surface area contributed by atoms with Gasteiger partial charge in [0, 0.05) is 25.2 Å². The van der Waals surface area contributed by atoms with Crippen LogP contribution in [0.2, 0.25) is 0 Å². The van der Waals surface area contributed by atoms with Crippen LogP contribution in [0, 0.1) is 0 Å². The van der Waals surface area contributed by atoms with Crippen molar-refractivity contribution < 1.29 is 8.42 Å². The predicted octanol–water partition coefficient (Wildman–Crippen LogP) is 0.819. The van der Waals surface area contributed by atoms with E-state index in [1.807, 2.05) is 24.1 Å². The largest absolute Gasteiger partial charge is 0.354 e. The van der Waals surface area contributed by atoms with Gasteiger partial charge in [0.1, 0.15) is 4.90 Å². The van der Waals surface area contributed by atoms with Crippen molar-refractivity contribution in [3.05, 3.63) is 29.8 Å². The van der Waals surface area contributed by atoms with Gasteiger partial charge in [-0.25, -0.2) is 0 Å². The summed E-state index contributed by atoms with van der Waals surface area (Å²) in [6.07, 6.45) is 2.17. The van der Waals surface area contributed by atoms with Gasteiger partial charge in [0.25, 0.3) is 10.0 Å². The van der Waals surface area contributed by atoms with Crippen LogP contribution in [0.3, 0.4) is 0 Å². The number of rotatable bonds is 1. The lowest BCUT2D eigenvalue weighted by atomic mass is 10.0. The van der Waals surface area contributed by atoms with Crippen LogP contribution < -0.4 is 5.32 Å². The molecule has 6 heteroatoms. The van der Waals surface area contributed by atoms with Gasteiger partial charge in [-0.1, -0.05) is 12.1 Å². The highest BCUT2D eigenvalue weighted by atomic mass is 32.2. The van der Waals surface area contributed by atoms with Crippen LogP contribution in [-0.2, 0) is 10.0 Å². The van der Waals surface area contributed by atoms with Gasteiger partial charge in [-0.05, 0) is 31.5 Å². The van der Waals surface area contributed by atoms with Crippen molar-refractivity contribution >= 4 is 15.9 Å². The van der Waals surface area contributed by atoms with Gasteiger partial charge in [0.05, 0.1) is 0 Å². The summed E-state index contributed by atoms with van der Waals surface area (Å²) in [5.41, 5.74) is 0.718. The molecule has 0 amide bonds. The zero-order chi connectivity index (χ0) is 13.5. The molecule has 2 heterocycles. The third-order valence-corrected chi connectivity index (χ3v) is 5.09. The maximum Gasteiger partial charge on any atom is 0.285 e. The number of amidine groups is 1. The summed E-state index contributed by atoms with van der Waals surface area (Å²) in [6, 6.07) is 7.33. The minimum Gasteiger partial charge on any atom is -0.354 e. The Morgan fingerprint density at radius 2 is 2.16 bits per heavy atom. The Labute approximate surface area is 113 Å². The topological polar surface area (TPSA) is 61.8 Å². The van der Waals surface area contributed by atoms with Crippen LogP contribution in [0.1, 0.15) is 18.4 Å². The molecule has 3 rings (SSSR count). The molecule has 102 valence electrons. The molecule has 1 saturated heterocycles. The normalized spacial score (nSPS) is 24.7. The molecule has 1 aromatic carbocycles. The Kier molecular flexibility index (Phi) is 3.06. The second-order valence-electron chi connectivity index (χ2n) is 5.00. The van der Waals surface area contributed by atoms with E-state index in [-0.39, 0.29) is 0 Å².